The molecule has 0 fully saturated rings. The Morgan fingerprint density at radius 3 is 3.33 bits per heavy atom. The molecule has 2 rings (SSSR count). The van der Waals surface area contributed by atoms with Crippen molar-refractivity contribution in [3.05, 3.63) is 17.3 Å². The molecule has 0 aromatic carbocycles. The molecule has 64 valence electrons. The first-order valence-electron chi connectivity index (χ1n) is 3.55. The van der Waals surface area contributed by atoms with Crippen molar-refractivity contribution in [2.45, 2.75) is 10.5 Å². The van der Waals surface area contributed by atoms with Crippen LogP contribution in [-0.2, 0) is 0 Å². The second-order valence-electron chi connectivity index (χ2n) is 2.44. The van der Waals surface area contributed by atoms with Crippen molar-refractivity contribution >= 4 is 29.1 Å². The molecule has 0 saturated carbocycles. The Morgan fingerprint density at radius 1 is 1.75 bits per heavy atom. The van der Waals surface area contributed by atoms with Crippen LogP contribution in [0.2, 0.25) is 5.02 Å². The third kappa shape index (κ3) is 1.37. The van der Waals surface area contributed by atoms with E-state index in [1.54, 1.807) is 18.0 Å². The van der Waals surface area contributed by atoms with Crippen LogP contribution < -0.4 is 10.6 Å². The van der Waals surface area contributed by atoms with Crippen LogP contribution in [0.15, 0.2) is 17.3 Å². The van der Waals surface area contributed by atoms with Gasteiger partial charge in [0.25, 0.3) is 0 Å². The Morgan fingerprint density at radius 2 is 2.58 bits per heavy atom. The van der Waals surface area contributed by atoms with Gasteiger partial charge in [0, 0.05) is 6.20 Å². The average Bonchev–Trinajstić information content (AvgIpc) is 2.46. The number of thioether (sulfide) groups is 1. The summed E-state index contributed by atoms with van der Waals surface area (Å²) in [5.41, 5.74) is 1.22. The molecular formula is C7H8ClN3S. The van der Waals surface area contributed by atoms with Gasteiger partial charge in [-0.2, -0.15) is 0 Å². The molecule has 0 aliphatic carbocycles. The number of hydrogen-bond donors (Lipinski definition) is 2. The number of anilines is 1. The number of hydrogen-bond acceptors (Lipinski definition) is 4. The number of pyridine rings is 1. The lowest BCUT2D eigenvalue weighted by Crippen LogP contribution is -2.26. The van der Waals surface area contributed by atoms with Crippen molar-refractivity contribution in [3.8, 4) is 0 Å². The molecule has 1 aliphatic rings. The summed E-state index contributed by atoms with van der Waals surface area (Å²) in [5, 5.41) is 7.99. The lowest BCUT2D eigenvalue weighted by molar-refractivity contribution is 0.828. The zero-order valence-corrected chi connectivity index (χ0v) is 8.04. The van der Waals surface area contributed by atoms with E-state index in [1.165, 1.54) is 0 Å². The molecule has 2 N–H and O–H groups in total. The Labute approximate surface area is 79.9 Å². The van der Waals surface area contributed by atoms with Gasteiger partial charge in [-0.05, 0) is 13.1 Å². The van der Waals surface area contributed by atoms with Crippen molar-refractivity contribution < 1.29 is 0 Å². The Hall–Kier alpha value is -0.450. The van der Waals surface area contributed by atoms with Gasteiger partial charge in [0.2, 0.25) is 0 Å². The summed E-state index contributed by atoms with van der Waals surface area (Å²) in [5.74, 6) is 0. The predicted octanol–water partition coefficient (Wildman–Crippen LogP) is 1.76. The van der Waals surface area contributed by atoms with E-state index < -0.39 is 0 Å². The first-order valence-corrected chi connectivity index (χ1v) is 4.81. The first-order chi connectivity index (χ1) is 5.79. The Bertz CT molecular complexity index is 305. The first kappa shape index (κ1) is 8.16. The molecule has 0 spiro atoms. The fraction of sp³-hybridized carbons (Fsp3) is 0.286. The zero-order valence-electron chi connectivity index (χ0n) is 6.47. The Balaban J connectivity index is 2.30. The van der Waals surface area contributed by atoms with E-state index in [0.29, 0.717) is 5.02 Å². The van der Waals surface area contributed by atoms with E-state index >= 15 is 0 Å². The third-order valence-electron chi connectivity index (χ3n) is 1.60. The van der Waals surface area contributed by atoms with Crippen LogP contribution in [0.3, 0.4) is 0 Å². The lowest BCUT2D eigenvalue weighted by Gasteiger charge is -2.06. The minimum atomic E-state index is 0.214. The van der Waals surface area contributed by atoms with E-state index in [0.717, 1.165) is 10.7 Å². The molecule has 0 saturated heterocycles. The molecule has 1 aliphatic heterocycles. The van der Waals surface area contributed by atoms with Crippen LogP contribution in [0.1, 0.15) is 0 Å². The second kappa shape index (κ2) is 3.12. The average molecular weight is 202 g/mol. The highest BCUT2D eigenvalue weighted by atomic mass is 35.5. The topological polar surface area (TPSA) is 37.0 Å². The number of nitrogens with zero attached hydrogens (tertiary/aromatic N) is 1. The molecule has 3 nitrogen and oxygen atoms in total. The Kier molecular flexibility index (Phi) is 2.12. The van der Waals surface area contributed by atoms with Gasteiger partial charge in [0.15, 0.2) is 0 Å². The van der Waals surface area contributed by atoms with Crippen LogP contribution in [0.25, 0.3) is 0 Å². The summed E-state index contributed by atoms with van der Waals surface area (Å²) >= 11 is 7.43. The second-order valence-corrected chi connectivity index (χ2v) is 3.97. The molecule has 12 heavy (non-hydrogen) atoms. The molecule has 1 aromatic heterocycles. The van der Waals surface area contributed by atoms with E-state index in [9.17, 15) is 0 Å². The molecule has 1 aromatic rings. The van der Waals surface area contributed by atoms with Crippen molar-refractivity contribution in [2.24, 2.45) is 0 Å². The predicted molar refractivity (Wildman–Crippen MR) is 51.6 cm³/mol. The highest BCUT2D eigenvalue weighted by Crippen LogP contribution is 2.36. The molecular weight excluding hydrogens is 194 g/mol. The van der Waals surface area contributed by atoms with Crippen LogP contribution in [0.4, 0.5) is 5.69 Å². The van der Waals surface area contributed by atoms with Crippen LogP contribution in [-0.4, -0.2) is 17.5 Å². The van der Waals surface area contributed by atoms with Gasteiger partial charge >= 0.3 is 0 Å². The summed E-state index contributed by atoms with van der Waals surface area (Å²) in [4.78, 5) is 4.19. The molecule has 1 atom stereocenters. The van der Waals surface area contributed by atoms with Gasteiger partial charge in [0.05, 0.1) is 10.7 Å². The zero-order chi connectivity index (χ0) is 8.55. The monoisotopic (exact) mass is 201 g/mol. The minimum Gasteiger partial charge on any atom is -0.359 e. The fourth-order valence-electron chi connectivity index (χ4n) is 1.04. The molecule has 0 bridgehead atoms. The van der Waals surface area contributed by atoms with Crippen molar-refractivity contribution in [3.63, 3.8) is 0 Å². The minimum absolute atomic E-state index is 0.214. The summed E-state index contributed by atoms with van der Waals surface area (Å²) in [7, 11) is 1.90. The maximum absolute atomic E-state index is 5.78. The van der Waals surface area contributed by atoms with E-state index in [-0.39, 0.29) is 5.50 Å². The van der Waals surface area contributed by atoms with E-state index in [2.05, 4.69) is 15.6 Å². The number of halogens is 1. The molecule has 0 amide bonds. The van der Waals surface area contributed by atoms with Crippen LogP contribution in [0, 0.1) is 0 Å². The summed E-state index contributed by atoms with van der Waals surface area (Å²) in [6.07, 6.45) is 1.66. The molecule has 2 heterocycles. The van der Waals surface area contributed by atoms with Crippen molar-refractivity contribution in [2.75, 3.05) is 12.4 Å². The van der Waals surface area contributed by atoms with Gasteiger partial charge in [-0.15, -0.1) is 0 Å². The number of aromatic nitrogens is 1. The van der Waals surface area contributed by atoms with Gasteiger partial charge in [-0.3, -0.25) is 5.32 Å². The third-order valence-corrected chi connectivity index (χ3v) is 2.94. The van der Waals surface area contributed by atoms with Crippen molar-refractivity contribution in [1.29, 1.82) is 0 Å². The SMILES string of the molecule is CNC1Nc2cc(Cl)cnc2S1. The number of fused-ring (bicyclic) bond motifs is 1. The van der Waals surface area contributed by atoms with E-state index in [4.69, 9.17) is 11.6 Å². The van der Waals surface area contributed by atoms with Gasteiger partial charge in [-0.25, -0.2) is 4.98 Å². The molecule has 5 heteroatoms. The van der Waals surface area contributed by atoms with Gasteiger partial charge < -0.3 is 5.32 Å². The molecule has 1 unspecified atom stereocenters. The highest BCUT2D eigenvalue weighted by Gasteiger charge is 2.20. The largest absolute Gasteiger partial charge is 0.359 e. The maximum atomic E-state index is 5.78. The quantitative estimate of drug-likeness (QED) is 0.726. The highest BCUT2D eigenvalue weighted by molar-refractivity contribution is 8.00. The van der Waals surface area contributed by atoms with Crippen molar-refractivity contribution in [1.82, 2.24) is 10.3 Å². The van der Waals surface area contributed by atoms with Crippen LogP contribution >= 0.6 is 23.4 Å². The standard InChI is InChI=1S/C7H8ClN3S/c1-9-7-11-5-2-4(8)3-10-6(5)12-7/h2-3,7,9,11H,1H3. The van der Waals surface area contributed by atoms with Gasteiger partial charge in [-0.1, -0.05) is 23.4 Å². The van der Waals surface area contributed by atoms with Gasteiger partial charge in [0.1, 0.15) is 10.5 Å². The summed E-state index contributed by atoms with van der Waals surface area (Å²) in [6, 6.07) is 1.88. The summed E-state index contributed by atoms with van der Waals surface area (Å²) in [6.45, 7) is 0. The normalized spacial score (nSPS) is 20.3. The fourth-order valence-corrected chi connectivity index (χ4v) is 2.08. The van der Waals surface area contributed by atoms with Crippen LogP contribution in [0.5, 0.6) is 0 Å². The lowest BCUT2D eigenvalue weighted by atomic mass is 10.4. The smallest absolute Gasteiger partial charge is 0.131 e. The number of rotatable bonds is 1. The summed E-state index contributed by atoms with van der Waals surface area (Å²) < 4.78 is 0. The van der Waals surface area contributed by atoms with E-state index in [1.807, 2.05) is 13.1 Å². The number of nitrogens with one attached hydrogen (secondary N) is 2. The molecule has 0 radical (unpaired) electrons. The maximum Gasteiger partial charge on any atom is 0.131 e.